The normalized spacial score (nSPS) is 9.33. The van der Waals surface area contributed by atoms with E-state index < -0.39 is 0 Å². The Bertz CT molecular complexity index is 62.8. The van der Waals surface area contributed by atoms with Gasteiger partial charge in [-0.25, -0.2) is 0 Å². The van der Waals surface area contributed by atoms with E-state index in [9.17, 15) is 0 Å². The second-order valence-electron chi connectivity index (χ2n) is 1.64. The Hall–Kier alpha value is 1.33. The van der Waals surface area contributed by atoms with E-state index in [2.05, 4.69) is 28.5 Å². The van der Waals surface area contributed by atoms with Crippen LogP contribution in [0.3, 0.4) is 0 Å². The molecule has 0 spiro atoms. The Morgan fingerprint density at radius 3 is 1.50 bits per heavy atom. The molecule has 6 heteroatoms. The zero-order valence-corrected chi connectivity index (χ0v) is 11.3. The summed E-state index contributed by atoms with van der Waals surface area (Å²) >= 11 is 6.00. The van der Waals surface area contributed by atoms with Gasteiger partial charge in [-0.05, 0) is 0 Å². The van der Waals surface area contributed by atoms with Crippen LogP contribution in [-0.2, 0) is 25.1 Å². The van der Waals surface area contributed by atoms with Crippen molar-refractivity contribution in [2.75, 3.05) is 40.6 Å². The van der Waals surface area contributed by atoms with E-state index in [-0.39, 0.29) is 0 Å². The molecule has 0 heterocycles. The number of hydrogen-bond acceptors (Lipinski definition) is 3. The fraction of sp³-hybridized carbons (Fsp3) is 1.00. The van der Waals surface area contributed by atoms with Crippen LogP contribution in [-0.4, -0.2) is 40.6 Å². The Morgan fingerprint density at radius 2 is 1.25 bits per heavy atom. The molecule has 0 aliphatic carbocycles. The Balaban J connectivity index is 0. The Kier molecular flexibility index (Phi) is 23.9. The van der Waals surface area contributed by atoms with Gasteiger partial charge in [0.1, 0.15) is 0 Å². The van der Waals surface area contributed by atoms with E-state index in [1.54, 1.807) is 14.2 Å². The van der Waals surface area contributed by atoms with Crippen molar-refractivity contribution in [3.63, 3.8) is 0 Å². The summed E-state index contributed by atoms with van der Waals surface area (Å²) in [6, 6.07) is 0. The zero-order valence-electron chi connectivity index (χ0n) is 7.13. The molecule has 0 N–H and O–H groups in total. The van der Waals surface area contributed by atoms with E-state index in [1.807, 2.05) is 0 Å². The molecule has 0 amide bonds. The molecule has 0 aliphatic rings. The zero-order chi connectivity index (χ0) is 9.66. The predicted octanol–water partition coefficient (Wildman–Crippen LogP) is 1.98. The quantitative estimate of drug-likeness (QED) is 0.540. The maximum atomic E-state index is 5.06. The summed E-state index contributed by atoms with van der Waals surface area (Å²) in [5.41, 5.74) is 0. The van der Waals surface area contributed by atoms with Crippen molar-refractivity contribution in [2.24, 2.45) is 0 Å². The first-order valence-corrected chi connectivity index (χ1v) is 8.09. The average molecular weight is 353 g/mol. The average Bonchev–Trinajstić information content (AvgIpc) is 2.06. The predicted molar refractivity (Wildman–Crippen MR) is 52.4 cm³/mol. The van der Waals surface area contributed by atoms with Gasteiger partial charge in [0.05, 0.1) is 26.4 Å². The number of rotatable bonds is 6. The van der Waals surface area contributed by atoms with Crippen LogP contribution in [0.5, 0.6) is 0 Å². The van der Waals surface area contributed by atoms with Crippen LogP contribution in [0.25, 0.3) is 0 Å². The van der Waals surface area contributed by atoms with Crippen LogP contribution in [0.2, 0.25) is 0 Å². The van der Waals surface area contributed by atoms with Crippen LogP contribution in [0, 0.1) is 0 Å². The number of hydrogen-bond donors (Lipinski definition) is 0. The van der Waals surface area contributed by atoms with Crippen LogP contribution in [0.4, 0.5) is 0 Å². The van der Waals surface area contributed by atoms with Crippen molar-refractivity contribution >= 4 is 28.5 Å². The fourth-order valence-corrected chi connectivity index (χ4v) is 0.387. The molecule has 0 atom stereocenters. The molecule has 80 valence electrons. The molecule has 12 heavy (non-hydrogen) atoms. The first-order valence-electron chi connectivity index (χ1n) is 3.21. The van der Waals surface area contributed by atoms with E-state index in [1.165, 1.54) is 10.9 Å². The molecule has 0 radical (unpaired) electrons. The SMILES string of the molecule is COCCOCCOC.[Br][Ni][Br]. The Morgan fingerprint density at radius 1 is 0.917 bits per heavy atom. The summed E-state index contributed by atoms with van der Waals surface area (Å²) in [5.74, 6) is 0. The topological polar surface area (TPSA) is 27.7 Å². The van der Waals surface area contributed by atoms with E-state index in [0.29, 0.717) is 26.4 Å². The summed E-state index contributed by atoms with van der Waals surface area (Å²) in [7, 11) is 4.55. The first-order chi connectivity index (χ1) is 5.83. The maximum absolute atomic E-state index is 5.06. The number of halogens is 2. The molecule has 0 aromatic heterocycles. The molecule has 0 rings (SSSR count). The van der Waals surface area contributed by atoms with Crippen LogP contribution < -0.4 is 0 Å². The molecule has 0 fully saturated rings. The third-order valence-corrected chi connectivity index (χ3v) is 0.864. The van der Waals surface area contributed by atoms with Gasteiger partial charge in [-0.3, -0.25) is 0 Å². The van der Waals surface area contributed by atoms with Gasteiger partial charge in [0.25, 0.3) is 0 Å². The molecule has 0 aromatic rings. The Labute approximate surface area is 93.9 Å². The molecule has 3 nitrogen and oxygen atoms in total. The van der Waals surface area contributed by atoms with Crippen LogP contribution in [0.1, 0.15) is 0 Å². The van der Waals surface area contributed by atoms with Gasteiger partial charge < -0.3 is 14.2 Å². The van der Waals surface area contributed by atoms with Gasteiger partial charge in [-0.15, -0.1) is 0 Å². The molecule has 0 aliphatic heterocycles. The van der Waals surface area contributed by atoms with Gasteiger partial charge in [-0.1, -0.05) is 0 Å². The van der Waals surface area contributed by atoms with Crippen LogP contribution >= 0.6 is 28.5 Å². The van der Waals surface area contributed by atoms with E-state index in [0.717, 1.165) is 0 Å². The molecule has 0 unspecified atom stereocenters. The van der Waals surface area contributed by atoms with Gasteiger partial charge in [0, 0.05) is 14.2 Å². The molecular formula is C6H14Br2NiO3. The van der Waals surface area contributed by atoms with Crippen molar-refractivity contribution in [1.82, 2.24) is 0 Å². The van der Waals surface area contributed by atoms with Crippen molar-refractivity contribution in [2.45, 2.75) is 0 Å². The summed E-state index contributed by atoms with van der Waals surface area (Å²) in [4.78, 5) is 0. The van der Waals surface area contributed by atoms with Crippen molar-refractivity contribution in [3.05, 3.63) is 0 Å². The summed E-state index contributed by atoms with van der Waals surface area (Å²) in [5, 5.41) is 0. The summed E-state index contributed by atoms with van der Waals surface area (Å²) < 4.78 is 14.6. The number of methoxy groups -OCH3 is 2. The summed E-state index contributed by atoms with van der Waals surface area (Å²) in [6.45, 7) is 2.62. The minimum absolute atomic E-state index is 0.653. The van der Waals surface area contributed by atoms with Crippen molar-refractivity contribution in [1.29, 1.82) is 0 Å². The van der Waals surface area contributed by atoms with Crippen molar-refractivity contribution < 1.29 is 25.1 Å². The minimum atomic E-state index is 0.653. The van der Waals surface area contributed by atoms with Crippen molar-refractivity contribution in [3.8, 4) is 0 Å². The third kappa shape index (κ3) is 22.5. The molecule has 0 saturated carbocycles. The molecular weight excluding hydrogens is 339 g/mol. The standard InChI is InChI=1S/C6H14O3.2BrH.Ni/c1-7-3-5-9-6-4-8-2;;;/h3-6H2,1-2H3;2*1H;/q;;;+2/p-2. The number of ether oxygens (including phenoxy) is 3. The van der Waals surface area contributed by atoms with E-state index in [4.69, 9.17) is 14.2 Å². The van der Waals surface area contributed by atoms with Gasteiger partial charge in [0.2, 0.25) is 0 Å². The molecule has 0 saturated heterocycles. The van der Waals surface area contributed by atoms with Crippen LogP contribution in [0.15, 0.2) is 0 Å². The second-order valence-corrected chi connectivity index (χ2v) is 6.63. The van der Waals surface area contributed by atoms with Gasteiger partial charge >= 0.3 is 39.3 Å². The van der Waals surface area contributed by atoms with E-state index >= 15 is 0 Å². The molecule has 0 aromatic carbocycles. The summed E-state index contributed by atoms with van der Waals surface area (Å²) in [6.07, 6.45) is 0. The third-order valence-electron chi connectivity index (χ3n) is 0.864. The second kappa shape index (κ2) is 18.2. The van der Waals surface area contributed by atoms with Gasteiger partial charge in [0.15, 0.2) is 0 Å². The monoisotopic (exact) mass is 350 g/mol. The van der Waals surface area contributed by atoms with Gasteiger partial charge in [-0.2, -0.15) is 0 Å². The fourth-order valence-electron chi connectivity index (χ4n) is 0.387. The first kappa shape index (κ1) is 15.8. The molecule has 0 bridgehead atoms.